The molecule has 0 bridgehead atoms. The van der Waals surface area contributed by atoms with Crippen LogP contribution in [0.2, 0.25) is 0 Å². The largest absolute Gasteiger partial charge is 0.496 e. The summed E-state index contributed by atoms with van der Waals surface area (Å²) in [5.74, 6) is 1.55. The predicted molar refractivity (Wildman–Crippen MR) is 50.7 cm³/mol. The normalized spacial score (nSPS) is 21.4. The maximum absolute atomic E-state index is 6.02. The van der Waals surface area contributed by atoms with Gasteiger partial charge in [0.25, 0.3) is 0 Å². The number of ether oxygens (including phenoxy) is 1. The fourth-order valence-corrected chi connectivity index (χ4v) is 1.58. The van der Waals surface area contributed by atoms with Crippen molar-refractivity contribution in [3.63, 3.8) is 0 Å². The molecule has 0 aliphatic carbocycles. The molecule has 2 atom stereocenters. The number of hydrogen-bond donors (Lipinski definition) is 1. The summed E-state index contributed by atoms with van der Waals surface area (Å²) in [6.07, 6.45) is 5.53. The Hall–Kier alpha value is -0.500. The van der Waals surface area contributed by atoms with E-state index in [1.54, 1.807) is 0 Å². The van der Waals surface area contributed by atoms with E-state index in [1.807, 2.05) is 0 Å². The van der Waals surface area contributed by atoms with Crippen LogP contribution in [0.5, 0.6) is 0 Å². The third-order valence-electron chi connectivity index (χ3n) is 2.42. The van der Waals surface area contributed by atoms with Crippen LogP contribution in [0.1, 0.15) is 33.1 Å². The molecule has 0 amide bonds. The fraction of sp³-hybridized carbons (Fsp3) is 0.800. The third kappa shape index (κ3) is 2.24. The number of hydrogen-bond acceptors (Lipinski definition) is 2. The van der Waals surface area contributed by atoms with E-state index in [4.69, 9.17) is 10.5 Å². The van der Waals surface area contributed by atoms with E-state index < -0.39 is 0 Å². The zero-order valence-electron chi connectivity index (χ0n) is 8.05. The molecule has 0 saturated carbocycles. The second-order valence-electron chi connectivity index (χ2n) is 3.54. The van der Waals surface area contributed by atoms with Gasteiger partial charge in [-0.05, 0) is 18.4 Å². The molecular weight excluding hydrogens is 150 g/mol. The standard InChI is InChI=1S/C10H19NO/c1-3-5-8(2)10(11)9-6-4-7-12-9/h6,8,10H,3-5,7,11H2,1-2H3. The van der Waals surface area contributed by atoms with Crippen molar-refractivity contribution >= 4 is 0 Å². The SMILES string of the molecule is CCCC(C)C(N)C1=CCCO1. The summed E-state index contributed by atoms with van der Waals surface area (Å²) in [6.45, 7) is 5.20. The Morgan fingerprint density at radius 3 is 2.92 bits per heavy atom. The van der Waals surface area contributed by atoms with E-state index in [-0.39, 0.29) is 6.04 Å². The van der Waals surface area contributed by atoms with E-state index in [0.717, 1.165) is 18.8 Å². The van der Waals surface area contributed by atoms with E-state index in [9.17, 15) is 0 Å². The van der Waals surface area contributed by atoms with Gasteiger partial charge in [0.1, 0.15) is 5.76 Å². The van der Waals surface area contributed by atoms with Crippen LogP contribution < -0.4 is 5.73 Å². The van der Waals surface area contributed by atoms with Gasteiger partial charge in [0.2, 0.25) is 0 Å². The lowest BCUT2D eigenvalue weighted by Gasteiger charge is -2.19. The minimum Gasteiger partial charge on any atom is -0.496 e. The van der Waals surface area contributed by atoms with Crippen LogP contribution in [0, 0.1) is 5.92 Å². The van der Waals surface area contributed by atoms with Crippen LogP contribution in [-0.2, 0) is 4.74 Å². The highest BCUT2D eigenvalue weighted by atomic mass is 16.5. The molecule has 12 heavy (non-hydrogen) atoms. The van der Waals surface area contributed by atoms with E-state index >= 15 is 0 Å². The highest BCUT2D eigenvalue weighted by Crippen LogP contribution is 2.20. The summed E-state index contributed by atoms with van der Waals surface area (Å²) in [7, 11) is 0. The van der Waals surface area contributed by atoms with Gasteiger partial charge in [-0.3, -0.25) is 0 Å². The Kier molecular flexibility index (Phi) is 3.60. The summed E-state index contributed by atoms with van der Waals surface area (Å²) in [5.41, 5.74) is 6.02. The van der Waals surface area contributed by atoms with Gasteiger partial charge >= 0.3 is 0 Å². The molecule has 0 spiro atoms. The van der Waals surface area contributed by atoms with Crippen molar-refractivity contribution in [3.8, 4) is 0 Å². The number of nitrogens with two attached hydrogens (primary N) is 1. The Morgan fingerprint density at radius 2 is 2.42 bits per heavy atom. The van der Waals surface area contributed by atoms with Crippen molar-refractivity contribution in [2.45, 2.75) is 39.2 Å². The molecule has 1 aliphatic rings. The second kappa shape index (κ2) is 4.51. The van der Waals surface area contributed by atoms with Crippen molar-refractivity contribution in [2.24, 2.45) is 11.7 Å². The van der Waals surface area contributed by atoms with E-state index in [1.165, 1.54) is 12.8 Å². The van der Waals surface area contributed by atoms with Gasteiger partial charge < -0.3 is 10.5 Å². The molecule has 0 radical (unpaired) electrons. The monoisotopic (exact) mass is 169 g/mol. The maximum atomic E-state index is 6.02. The first kappa shape index (κ1) is 9.59. The lowest BCUT2D eigenvalue weighted by molar-refractivity contribution is 0.207. The quantitative estimate of drug-likeness (QED) is 0.699. The topological polar surface area (TPSA) is 35.2 Å². The molecule has 1 heterocycles. The molecular formula is C10H19NO. The molecule has 0 fully saturated rings. The first-order chi connectivity index (χ1) is 5.75. The Morgan fingerprint density at radius 1 is 1.67 bits per heavy atom. The highest BCUT2D eigenvalue weighted by molar-refractivity contribution is 5.07. The average molecular weight is 169 g/mol. The van der Waals surface area contributed by atoms with Crippen LogP contribution in [0.3, 0.4) is 0 Å². The molecule has 1 aliphatic heterocycles. The van der Waals surface area contributed by atoms with Gasteiger partial charge in [-0.15, -0.1) is 0 Å². The molecule has 0 aromatic heterocycles. The van der Waals surface area contributed by atoms with Gasteiger partial charge in [0.15, 0.2) is 0 Å². The fourth-order valence-electron chi connectivity index (χ4n) is 1.58. The minimum atomic E-state index is 0.118. The summed E-state index contributed by atoms with van der Waals surface area (Å²) >= 11 is 0. The smallest absolute Gasteiger partial charge is 0.109 e. The van der Waals surface area contributed by atoms with Crippen molar-refractivity contribution in [3.05, 3.63) is 11.8 Å². The first-order valence-corrected chi connectivity index (χ1v) is 4.84. The lowest BCUT2D eigenvalue weighted by atomic mass is 9.96. The first-order valence-electron chi connectivity index (χ1n) is 4.84. The molecule has 1 rings (SSSR count). The summed E-state index contributed by atoms with van der Waals surface area (Å²) < 4.78 is 5.42. The number of rotatable bonds is 4. The van der Waals surface area contributed by atoms with Crippen LogP contribution >= 0.6 is 0 Å². The molecule has 2 heteroatoms. The van der Waals surface area contributed by atoms with Crippen LogP contribution in [0.25, 0.3) is 0 Å². The summed E-state index contributed by atoms with van der Waals surface area (Å²) in [4.78, 5) is 0. The average Bonchev–Trinajstić information content (AvgIpc) is 2.55. The summed E-state index contributed by atoms with van der Waals surface area (Å²) in [5, 5.41) is 0. The Bertz CT molecular complexity index is 165. The van der Waals surface area contributed by atoms with Crippen molar-refractivity contribution in [1.82, 2.24) is 0 Å². The molecule has 2 nitrogen and oxygen atoms in total. The molecule has 2 unspecified atom stereocenters. The highest BCUT2D eigenvalue weighted by Gasteiger charge is 2.19. The van der Waals surface area contributed by atoms with Crippen LogP contribution in [-0.4, -0.2) is 12.6 Å². The minimum absolute atomic E-state index is 0.118. The van der Waals surface area contributed by atoms with Crippen LogP contribution in [0.4, 0.5) is 0 Å². The Balaban J connectivity index is 2.39. The molecule has 0 aromatic rings. The molecule has 70 valence electrons. The molecule has 2 N–H and O–H groups in total. The zero-order valence-corrected chi connectivity index (χ0v) is 8.05. The molecule has 0 saturated heterocycles. The lowest BCUT2D eigenvalue weighted by Crippen LogP contribution is -2.30. The van der Waals surface area contributed by atoms with Crippen molar-refractivity contribution < 1.29 is 4.74 Å². The van der Waals surface area contributed by atoms with Crippen molar-refractivity contribution in [2.75, 3.05) is 6.61 Å². The second-order valence-corrected chi connectivity index (χ2v) is 3.54. The predicted octanol–water partition coefficient (Wildman–Crippen LogP) is 2.05. The van der Waals surface area contributed by atoms with Gasteiger partial charge in [-0.2, -0.15) is 0 Å². The third-order valence-corrected chi connectivity index (χ3v) is 2.42. The van der Waals surface area contributed by atoms with Gasteiger partial charge in [0.05, 0.1) is 12.6 Å². The zero-order chi connectivity index (χ0) is 8.97. The molecule has 0 aromatic carbocycles. The maximum Gasteiger partial charge on any atom is 0.109 e. The summed E-state index contributed by atoms with van der Waals surface area (Å²) in [6, 6.07) is 0.118. The van der Waals surface area contributed by atoms with Gasteiger partial charge in [0, 0.05) is 6.42 Å². The van der Waals surface area contributed by atoms with Gasteiger partial charge in [-0.25, -0.2) is 0 Å². The van der Waals surface area contributed by atoms with E-state index in [2.05, 4.69) is 19.9 Å². The van der Waals surface area contributed by atoms with Crippen LogP contribution in [0.15, 0.2) is 11.8 Å². The Labute approximate surface area is 74.8 Å². The van der Waals surface area contributed by atoms with Gasteiger partial charge in [-0.1, -0.05) is 20.3 Å². The van der Waals surface area contributed by atoms with E-state index in [0.29, 0.717) is 5.92 Å². The van der Waals surface area contributed by atoms with Crippen molar-refractivity contribution in [1.29, 1.82) is 0 Å².